The van der Waals surface area contributed by atoms with Crippen LogP contribution in [0.25, 0.3) is 0 Å². The molecule has 2 aromatic rings. The van der Waals surface area contributed by atoms with E-state index in [9.17, 15) is 4.39 Å². The molecule has 0 saturated heterocycles. The van der Waals surface area contributed by atoms with Gasteiger partial charge in [-0.25, -0.2) is 4.39 Å². The zero-order chi connectivity index (χ0) is 12.4. The van der Waals surface area contributed by atoms with E-state index < -0.39 is 0 Å². The lowest BCUT2D eigenvalue weighted by Gasteiger charge is -2.09. The van der Waals surface area contributed by atoms with Crippen LogP contribution in [-0.4, -0.2) is 0 Å². The summed E-state index contributed by atoms with van der Waals surface area (Å²) in [6.07, 6.45) is 0. The average Bonchev–Trinajstić information content (AvgIpc) is 2.26. The molecule has 0 aliphatic heterocycles. The molecule has 88 valence electrons. The van der Waals surface area contributed by atoms with Crippen molar-refractivity contribution in [2.24, 2.45) is 0 Å². The van der Waals surface area contributed by atoms with Crippen molar-refractivity contribution in [3.63, 3.8) is 0 Å². The predicted octanol–water partition coefficient (Wildman–Crippen LogP) is 4.51. The van der Waals surface area contributed by atoms with Crippen LogP contribution < -0.4 is 10.5 Å². The number of ether oxygens (including phenoxy) is 1. The molecule has 0 spiro atoms. The lowest BCUT2D eigenvalue weighted by molar-refractivity contribution is 0.479. The van der Waals surface area contributed by atoms with Crippen LogP contribution in [0.5, 0.6) is 11.5 Å². The quantitative estimate of drug-likeness (QED) is 0.816. The number of nitrogen functional groups attached to an aromatic ring is 1. The van der Waals surface area contributed by atoms with Crippen molar-refractivity contribution in [2.75, 3.05) is 5.73 Å². The highest BCUT2D eigenvalue weighted by Crippen LogP contribution is 2.35. The number of nitrogens with two attached hydrogens (primary N) is 1. The van der Waals surface area contributed by atoms with E-state index in [-0.39, 0.29) is 5.82 Å². The summed E-state index contributed by atoms with van der Waals surface area (Å²) in [5.74, 6) is 0.293. The van der Waals surface area contributed by atoms with Crippen LogP contribution in [0.3, 0.4) is 0 Å². The highest BCUT2D eigenvalue weighted by molar-refractivity contribution is 6.42. The second-order valence-corrected chi connectivity index (χ2v) is 4.18. The van der Waals surface area contributed by atoms with Gasteiger partial charge in [0, 0.05) is 12.1 Å². The summed E-state index contributed by atoms with van der Waals surface area (Å²) in [6.45, 7) is 0. The minimum absolute atomic E-state index is 0.326. The van der Waals surface area contributed by atoms with E-state index in [1.165, 1.54) is 24.3 Å². The first-order chi connectivity index (χ1) is 8.06. The first-order valence-corrected chi connectivity index (χ1v) is 5.50. The van der Waals surface area contributed by atoms with Gasteiger partial charge >= 0.3 is 0 Å². The maximum absolute atomic E-state index is 13.0. The fraction of sp³-hybridized carbons (Fsp3) is 0. The molecule has 0 unspecified atom stereocenters. The summed E-state index contributed by atoms with van der Waals surface area (Å²) < 4.78 is 18.4. The minimum Gasteiger partial charge on any atom is -0.455 e. The van der Waals surface area contributed by atoms with E-state index >= 15 is 0 Å². The number of halogens is 3. The van der Waals surface area contributed by atoms with Gasteiger partial charge in [-0.1, -0.05) is 29.3 Å². The molecule has 0 bridgehead atoms. The van der Waals surface area contributed by atoms with Crippen molar-refractivity contribution in [3.8, 4) is 11.5 Å². The molecule has 0 heterocycles. The van der Waals surface area contributed by atoms with Gasteiger partial charge in [-0.15, -0.1) is 0 Å². The Morgan fingerprint density at radius 2 is 1.76 bits per heavy atom. The van der Waals surface area contributed by atoms with Crippen molar-refractivity contribution < 1.29 is 9.13 Å². The molecule has 0 aromatic heterocycles. The molecule has 0 saturated carbocycles. The Bertz CT molecular complexity index is 560. The zero-order valence-electron chi connectivity index (χ0n) is 8.58. The van der Waals surface area contributed by atoms with E-state index in [0.29, 0.717) is 27.2 Å². The molecule has 0 amide bonds. The molecule has 17 heavy (non-hydrogen) atoms. The van der Waals surface area contributed by atoms with Gasteiger partial charge in [-0.3, -0.25) is 0 Å². The van der Waals surface area contributed by atoms with Crippen molar-refractivity contribution >= 4 is 28.9 Å². The highest BCUT2D eigenvalue weighted by atomic mass is 35.5. The van der Waals surface area contributed by atoms with Crippen LogP contribution in [-0.2, 0) is 0 Å². The molecule has 0 fully saturated rings. The standard InChI is InChI=1S/C12H8Cl2FNO/c13-9-5-11(16)12(6-10(9)14)17-8-3-1-2-7(15)4-8/h1-6H,16H2. The fourth-order valence-electron chi connectivity index (χ4n) is 1.29. The third-order valence-electron chi connectivity index (χ3n) is 2.08. The van der Waals surface area contributed by atoms with Crippen molar-refractivity contribution in [1.29, 1.82) is 0 Å². The van der Waals surface area contributed by atoms with Gasteiger partial charge in [0.25, 0.3) is 0 Å². The molecule has 2 aromatic carbocycles. The normalized spacial score (nSPS) is 10.3. The molecule has 0 aliphatic rings. The van der Waals surface area contributed by atoms with Crippen molar-refractivity contribution in [3.05, 3.63) is 52.3 Å². The smallest absolute Gasteiger partial charge is 0.151 e. The molecule has 2 nitrogen and oxygen atoms in total. The molecular weight excluding hydrogens is 264 g/mol. The SMILES string of the molecule is Nc1cc(Cl)c(Cl)cc1Oc1cccc(F)c1. The van der Waals surface area contributed by atoms with Crippen LogP contribution in [0, 0.1) is 5.82 Å². The number of rotatable bonds is 2. The van der Waals surface area contributed by atoms with Gasteiger partial charge in [0.15, 0.2) is 5.75 Å². The summed E-state index contributed by atoms with van der Waals surface area (Å²) in [5, 5.41) is 0.669. The van der Waals surface area contributed by atoms with E-state index in [0.717, 1.165) is 0 Å². The second kappa shape index (κ2) is 4.82. The highest BCUT2D eigenvalue weighted by Gasteiger charge is 2.07. The van der Waals surface area contributed by atoms with Gasteiger partial charge in [0.05, 0.1) is 15.7 Å². The summed E-state index contributed by atoms with van der Waals surface area (Å²) in [7, 11) is 0. The van der Waals surface area contributed by atoms with Crippen molar-refractivity contribution in [2.45, 2.75) is 0 Å². The van der Waals surface area contributed by atoms with E-state index in [4.69, 9.17) is 33.7 Å². The molecule has 5 heteroatoms. The van der Waals surface area contributed by atoms with Crippen LogP contribution >= 0.6 is 23.2 Å². The van der Waals surface area contributed by atoms with Crippen LogP contribution in [0.15, 0.2) is 36.4 Å². The Hall–Kier alpha value is -1.45. The Balaban J connectivity index is 2.33. The first kappa shape index (κ1) is 12.0. The Morgan fingerprint density at radius 3 is 2.47 bits per heavy atom. The summed E-state index contributed by atoms with van der Waals surface area (Å²) in [6, 6.07) is 8.71. The van der Waals surface area contributed by atoms with Gasteiger partial charge in [0.2, 0.25) is 0 Å². The van der Waals surface area contributed by atoms with Gasteiger partial charge in [-0.2, -0.15) is 0 Å². The van der Waals surface area contributed by atoms with Crippen LogP contribution in [0.1, 0.15) is 0 Å². The second-order valence-electron chi connectivity index (χ2n) is 3.36. The molecule has 2 rings (SSSR count). The largest absolute Gasteiger partial charge is 0.455 e. The third-order valence-corrected chi connectivity index (χ3v) is 2.80. The van der Waals surface area contributed by atoms with Crippen molar-refractivity contribution in [1.82, 2.24) is 0 Å². The molecule has 0 radical (unpaired) electrons. The molecule has 0 aliphatic carbocycles. The van der Waals surface area contributed by atoms with E-state index in [1.807, 2.05) is 0 Å². The van der Waals surface area contributed by atoms with Gasteiger partial charge in [-0.05, 0) is 18.2 Å². The summed E-state index contributed by atoms with van der Waals surface area (Å²) >= 11 is 11.6. The number of anilines is 1. The predicted molar refractivity (Wildman–Crippen MR) is 67.3 cm³/mol. The van der Waals surface area contributed by atoms with Crippen LogP contribution in [0.4, 0.5) is 10.1 Å². The zero-order valence-corrected chi connectivity index (χ0v) is 10.1. The summed E-state index contributed by atoms with van der Waals surface area (Å²) in [5.41, 5.74) is 6.05. The Kier molecular flexibility index (Phi) is 3.41. The maximum atomic E-state index is 13.0. The topological polar surface area (TPSA) is 35.2 Å². The third kappa shape index (κ3) is 2.81. The first-order valence-electron chi connectivity index (χ1n) is 4.74. The van der Waals surface area contributed by atoms with Gasteiger partial charge < -0.3 is 10.5 Å². The van der Waals surface area contributed by atoms with Gasteiger partial charge in [0.1, 0.15) is 11.6 Å². The molecular formula is C12H8Cl2FNO. The number of hydrogen-bond acceptors (Lipinski definition) is 2. The van der Waals surface area contributed by atoms with Crippen LogP contribution in [0.2, 0.25) is 10.0 Å². The van der Waals surface area contributed by atoms with E-state index in [2.05, 4.69) is 0 Å². The monoisotopic (exact) mass is 271 g/mol. The van der Waals surface area contributed by atoms with E-state index in [1.54, 1.807) is 12.1 Å². The molecule has 2 N–H and O–H groups in total. The Morgan fingerprint density at radius 1 is 1.06 bits per heavy atom. The lowest BCUT2D eigenvalue weighted by atomic mass is 10.3. The maximum Gasteiger partial charge on any atom is 0.151 e. The number of benzene rings is 2. The fourth-order valence-corrected chi connectivity index (χ4v) is 1.62. The summed E-state index contributed by atoms with van der Waals surface area (Å²) in [4.78, 5) is 0. The minimum atomic E-state index is -0.388. The lowest BCUT2D eigenvalue weighted by Crippen LogP contribution is -1.92. The number of hydrogen-bond donors (Lipinski definition) is 1. The molecule has 0 atom stereocenters. The average molecular weight is 272 g/mol. The Labute approximate surface area is 108 Å².